The number of methoxy groups -OCH3 is 1. The van der Waals surface area contributed by atoms with Gasteiger partial charge in [-0.3, -0.25) is 0 Å². The summed E-state index contributed by atoms with van der Waals surface area (Å²) < 4.78 is 11.1. The van der Waals surface area contributed by atoms with Gasteiger partial charge in [-0.2, -0.15) is 0 Å². The van der Waals surface area contributed by atoms with Gasteiger partial charge in [-0.15, -0.1) is 11.3 Å². The summed E-state index contributed by atoms with van der Waals surface area (Å²) in [6.07, 6.45) is 0. The number of esters is 1. The topological polar surface area (TPSA) is 78.7 Å². The lowest BCUT2D eigenvalue weighted by Crippen LogP contribution is -2.19. The van der Waals surface area contributed by atoms with Gasteiger partial charge in [0.25, 0.3) is 0 Å². The molecule has 27 heavy (non-hydrogen) atoms. The zero-order valence-electron chi connectivity index (χ0n) is 15.1. The van der Waals surface area contributed by atoms with Crippen LogP contribution in [0.5, 0.6) is 0 Å². The fraction of sp³-hybridized carbons (Fsp3) is 0.278. The second-order valence-corrected chi connectivity index (χ2v) is 6.95. The van der Waals surface area contributed by atoms with Gasteiger partial charge in [0.05, 0.1) is 11.4 Å². The van der Waals surface area contributed by atoms with Crippen LogP contribution in [0.4, 0.5) is 0 Å². The van der Waals surface area contributed by atoms with Gasteiger partial charge < -0.3 is 19.1 Å². The molecule has 0 aliphatic heterocycles. The fourth-order valence-electron chi connectivity index (χ4n) is 2.09. The monoisotopic (exact) mass is 410 g/mol. The van der Waals surface area contributed by atoms with E-state index in [0.717, 1.165) is 10.4 Å². The maximum atomic E-state index is 11.9. The minimum atomic E-state index is -0.604. The first-order valence-corrected chi connectivity index (χ1v) is 9.06. The van der Waals surface area contributed by atoms with E-state index >= 15 is 0 Å². The molecular formula is C18H19ClN2O5S. The zero-order chi connectivity index (χ0) is 19.6. The van der Waals surface area contributed by atoms with Crippen LogP contribution < -0.4 is 0 Å². The third kappa shape index (κ3) is 6.26. The molecule has 0 atom stereocenters. The summed E-state index contributed by atoms with van der Waals surface area (Å²) in [7, 11) is 2.64. The van der Waals surface area contributed by atoms with Gasteiger partial charge in [-0.05, 0) is 17.7 Å². The number of carbonyl (C=O) groups is 1. The number of rotatable bonds is 8. The SMILES string of the molecule is CO/N=C(/C(=O)OC)c1ccccc1CO/C(C)=N/OCc1ccc(Cl)s1. The van der Waals surface area contributed by atoms with Crippen molar-refractivity contribution < 1.29 is 23.9 Å². The van der Waals surface area contributed by atoms with Crippen LogP contribution in [-0.2, 0) is 37.2 Å². The molecule has 0 N–H and O–H groups in total. The van der Waals surface area contributed by atoms with E-state index in [0.29, 0.717) is 22.4 Å². The Hall–Kier alpha value is -2.58. The summed E-state index contributed by atoms with van der Waals surface area (Å²) in [6.45, 7) is 2.15. The normalized spacial score (nSPS) is 11.9. The quantitative estimate of drug-likeness (QED) is 0.284. The predicted molar refractivity (Wildman–Crippen MR) is 104 cm³/mol. The van der Waals surface area contributed by atoms with Crippen molar-refractivity contribution in [3.63, 3.8) is 0 Å². The van der Waals surface area contributed by atoms with Crippen LogP contribution in [0.2, 0.25) is 4.34 Å². The van der Waals surface area contributed by atoms with Crippen molar-refractivity contribution in [2.75, 3.05) is 14.2 Å². The molecule has 0 saturated heterocycles. The Kier molecular flexibility index (Phi) is 8.09. The predicted octanol–water partition coefficient (Wildman–Crippen LogP) is 3.99. The Balaban J connectivity index is 2.01. The van der Waals surface area contributed by atoms with E-state index in [-0.39, 0.29) is 12.3 Å². The van der Waals surface area contributed by atoms with Crippen LogP contribution in [0.3, 0.4) is 0 Å². The molecule has 2 aromatic rings. The number of oxime groups is 2. The molecule has 0 aliphatic carbocycles. The minimum absolute atomic E-state index is 0.0552. The van der Waals surface area contributed by atoms with E-state index in [1.807, 2.05) is 18.2 Å². The highest BCUT2D eigenvalue weighted by Gasteiger charge is 2.19. The fourth-order valence-corrected chi connectivity index (χ4v) is 3.08. The summed E-state index contributed by atoms with van der Waals surface area (Å²) in [6, 6.07) is 10.8. The summed E-state index contributed by atoms with van der Waals surface area (Å²) in [4.78, 5) is 22.9. The first-order chi connectivity index (χ1) is 13.0. The summed E-state index contributed by atoms with van der Waals surface area (Å²) in [5, 5.41) is 7.68. The van der Waals surface area contributed by atoms with Gasteiger partial charge in [-0.25, -0.2) is 4.79 Å². The molecule has 0 unspecified atom stereocenters. The molecule has 1 heterocycles. The highest BCUT2D eigenvalue weighted by atomic mass is 35.5. The lowest BCUT2D eigenvalue weighted by molar-refractivity contribution is -0.132. The summed E-state index contributed by atoms with van der Waals surface area (Å²) in [5.74, 6) is -0.261. The molecule has 1 aromatic heterocycles. The maximum absolute atomic E-state index is 11.9. The second-order valence-electron chi connectivity index (χ2n) is 5.15. The smallest absolute Gasteiger partial charge is 0.360 e. The van der Waals surface area contributed by atoms with Crippen molar-refractivity contribution >= 4 is 40.5 Å². The lowest BCUT2D eigenvalue weighted by atomic mass is 10.0. The van der Waals surface area contributed by atoms with Crippen molar-refractivity contribution in [2.45, 2.75) is 20.1 Å². The van der Waals surface area contributed by atoms with Crippen LogP contribution in [0, 0.1) is 0 Å². The van der Waals surface area contributed by atoms with Gasteiger partial charge in [0.1, 0.15) is 13.7 Å². The molecular weight excluding hydrogens is 392 g/mol. The molecule has 0 fully saturated rings. The number of hydrogen-bond donors (Lipinski definition) is 0. The molecule has 0 radical (unpaired) electrons. The molecule has 144 valence electrons. The molecule has 0 spiro atoms. The van der Waals surface area contributed by atoms with Crippen molar-refractivity contribution in [3.05, 3.63) is 56.7 Å². The van der Waals surface area contributed by atoms with Crippen molar-refractivity contribution in [3.8, 4) is 0 Å². The van der Waals surface area contributed by atoms with Crippen molar-refractivity contribution in [1.29, 1.82) is 0 Å². The Labute approximate surface area is 166 Å². The molecule has 0 bridgehead atoms. The molecule has 9 heteroatoms. The second kappa shape index (κ2) is 10.5. The third-order valence-corrected chi connectivity index (χ3v) is 4.50. The van der Waals surface area contributed by atoms with E-state index in [1.54, 1.807) is 25.1 Å². The van der Waals surface area contributed by atoms with E-state index in [4.69, 9.17) is 30.7 Å². The summed E-state index contributed by atoms with van der Waals surface area (Å²) in [5.41, 5.74) is 1.33. The molecule has 2 rings (SSSR count). The van der Waals surface area contributed by atoms with Gasteiger partial charge in [0.2, 0.25) is 5.90 Å². The van der Waals surface area contributed by atoms with Gasteiger partial charge >= 0.3 is 5.97 Å². The van der Waals surface area contributed by atoms with Crippen LogP contribution >= 0.6 is 22.9 Å². The number of carbonyl (C=O) groups excluding carboxylic acids is 1. The average Bonchev–Trinajstić information content (AvgIpc) is 3.09. The molecule has 0 saturated carbocycles. The van der Waals surface area contributed by atoms with Crippen molar-refractivity contribution in [1.82, 2.24) is 0 Å². The number of benzene rings is 1. The van der Waals surface area contributed by atoms with E-state index < -0.39 is 5.97 Å². The number of ether oxygens (including phenoxy) is 2. The van der Waals surface area contributed by atoms with Crippen molar-refractivity contribution in [2.24, 2.45) is 10.3 Å². The first kappa shape index (κ1) is 20.7. The van der Waals surface area contributed by atoms with E-state index in [2.05, 4.69) is 10.3 Å². The molecule has 0 aliphatic rings. The largest absolute Gasteiger partial charge is 0.474 e. The standard InChI is InChI=1S/C18H19ClN2O5S/c1-12(20-26-11-14-8-9-16(19)27-14)25-10-13-6-4-5-7-15(13)17(21-24-3)18(22)23-2/h4-9H,10-11H2,1-3H3/b20-12+,21-17+. The van der Waals surface area contributed by atoms with Crippen LogP contribution in [0.25, 0.3) is 0 Å². The van der Waals surface area contributed by atoms with Crippen LogP contribution in [0.1, 0.15) is 22.9 Å². The molecule has 0 amide bonds. The number of hydrogen-bond acceptors (Lipinski definition) is 8. The van der Waals surface area contributed by atoms with Gasteiger partial charge in [0, 0.05) is 17.4 Å². The van der Waals surface area contributed by atoms with E-state index in [9.17, 15) is 4.79 Å². The molecule has 1 aromatic carbocycles. The maximum Gasteiger partial charge on any atom is 0.360 e. The number of nitrogens with zero attached hydrogens (tertiary/aromatic N) is 2. The Morgan fingerprint density at radius 1 is 1.11 bits per heavy atom. The van der Waals surface area contributed by atoms with Gasteiger partial charge in [-0.1, -0.05) is 46.2 Å². The highest BCUT2D eigenvalue weighted by Crippen LogP contribution is 2.22. The Morgan fingerprint density at radius 3 is 2.56 bits per heavy atom. The third-order valence-electron chi connectivity index (χ3n) is 3.30. The average molecular weight is 411 g/mol. The summed E-state index contributed by atoms with van der Waals surface area (Å²) >= 11 is 7.29. The lowest BCUT2D eigenvalue weighted by Gasteiger charge is -2.11. The first-order valence-electron chi connectivity index (χ1n) is 7.86. The molecule has 7 nitrogen and oxygen atoms in total. The Bertz CT molecular complexity index is 835. The van der Waals surface area contributed by atoms with E-state index in [1.165, 1.54) is 25.6 Å². The minimum Gasteiger partial charge on any atom is -0.474 e. The van der Waals surface area contributed by atoms with Crippen LogP contribution in [0.15, 0.2) is 46.7 Å². The van der Waals surface area contributed by atoms with Crippen LogP contribution in [-0.4, -0.2) is 31.8 Å². The zero-order valence-corrected chi connectivity index (χ0v) is 16.7. The number of thiophene rings is 1. The highest BCUT2D eigenvalue weighted by molar-refractivity contribution is 7.16. The Morgan fingerprint density at radius 2 is 1.89 bits per heavy atom. The van der Waals surface area contributed by atoms with Gasteiger partial charge in [0.15, 0.2) is 12.3 Å². The number of halogens is 1.